The van der Waals surface area contributed by atoms with E-state index in [1.165, 1.54) is 4.80 Å². The summed E-state index contributed by atoms with van der Waals surface area (Å²) in [7, 11) is 0. The molecule has 0 spiro atoms. The Hall–Kier alpha value is -3.02. The first kappa shape index (κ1) is 16.8. The van der Waals surface area contributed by atoms with Crippen LogP contribution in [0.5, 0.6) is 0 Å². The van der Waals surface area contributed by atoms with Crippen LogP contribution in [-0.2, 0) is 10.3 Å². The molecule has 128 valence electrons. The van der Waals surface area contributed by atoms with E-state index in [0.717, 1.165) is 11.1 Å². The SMILES string of the molecule is CC(C)(C)n1nnc(NC(=O)C(c2ccccc2)c2ccccc2)n1. The van der Waals surface area contributed by atoms with Gasteiger partial charge in [0.1, 0.15) is 0 Å². The van der Waals surface area contributed by atoms with Crippen molar-refractivity contribution in [3.63, 3.8) is 0 Å². The van der Waals surface area contributed by atoms with Crippen molar-refractivity contribution in [3.8, 4) is 0 Å². The van der Waals surface area contributed by atoms with Gasteiger partial charge in [-0.05, 0) is 37.1 Å². The topological polar surface area (TPSA) is 72.7 Å². The second kappa shape index (κ2) is 6.84. The molecule has 1 aromatic heterocycles. The van der Waals surface area contributed by atoms with E-state index in [-0.39, 0.29) is 17.4 Å². The lowest BCUT2D eigenvalue weighted by atomic mass is 9.90. The van der Waals surface area contributed by atoms with Gasteiger partial charge >= 0.3 is 0 Å². The number of aromatic nitrogens is 4. The number of nitrogens with zero attached hydrogens (tertiary/aromatic N) is 4. The Morgan fingerprint density at radius 1 is 0.960 bits per heavy atom. The van der Waals surface area contributed by atoms with Crippen molar-refractivity contribution in [3.05, 3.63) is 71.8 Å². The summed E-state index contributed by atoms with van der Waals surface area (Å²) in [6, 6.07) is 19.3. The highest BCUT2D eigenvalue weighted by molar-refractivity contribution is 5.96. The number of nitrogens with one attached hydrogen (secondary N) is 1. The number of carbonyl (C=O) groups is 1. The van der Waals surface area contributed by atoms with E-state index >= 15 is 0 Å². The maximum Gasteiger partial charge on any atom is 0.270 e. The Labute approximate surface area is 146 Å². The summed E-state index contributed by atoms with van der Waals surface area (Å²) in [5.41, 5.74) is 1.53. The zero-order valence-corrected chi connectivity index (χ0v) is 14.5. The van der Waals surface area contributed by atoms with E-state index in [4.69, 9.17) is 0 Å². The van der Waals surface area contributed by atoms with Crippen LogP contribution in [0, 0.1) is 0 Å². The predicted octanol–water partition coefficient (Wildman–Crippen LogP) is 3.20. The minimum atomic E-state index is -0.441. The van der Waals surface area contributed by atoms with Crippen LogP contribution in [0.2, 0.25) is 0 Å². The molecule has 0 fully saturated rings. The molecule has 3 aromatic rings. The molecule has 25 heavy (non-hydrogen) atoms. The highest BCUT2D eigenvalue weighted by Crippen LogP contribution is 2.25. The van der Waals surface area contributed by atoms with Gasteiger partial charge in [0.2, 0.25) is 5.91 Å². The van der Waals surface area contributed by atoms with Crippen LogP contribution in [-0.4, -0.2) is 26.1 Å². The standard InChI is InChI=1S/C19H21N5O/c1-19(2,3)24-22-18(21-23-24)20-17(25)16(14-10-6-4-7-11-14)15-12-8-5-9-13-15/h4-13,16H,1-3H3,(H,20,22,25). The van der Waals surface area contributed by atoms with Gasteiger partial charge in [-0.15, -0.1) is 5.10 Å². The first-order valence-corrected chi connectivity index (χ1v) is 8.16. The Bertz CT molecular complexity index is 798. The third kappa shape index (κ3) is 3.91. The average Bonchev–Trinajstić information content (AvgIpc) is 3.06. The van der Waals surface area contributed by atoms with Crippen molar-refractivity contribution >= 4 is 11.9 Å². The molecule has 0 saturated carbocycles. The monoisotopic (exact) mass is 335 g/mol. The van der Waals surface area contributed by atoms with Crippen LogP contribution >= 0.6 is 0 Å². The molecule has 6 heteroatoms. The molecule has 1 heterocycles. The van der Waals surface area contributed by atoms with Gasteiger partial charge in [-0.25, -0.2) is 0 Å². The Morgan fingerprint density at radius 3 is 1.92 bits per heavy atom. The Morgan fingerprint density at radius 2 is 1.48 bits per heavy atom. The number of hydrogen-bond acceptors (Lipinski definition) is 4. The zero-order chi connectivity index (χ0) is 17.9. The number of rotatable bonds is 4. The van der Waals surface area contributed by atoms with Gasteiger partial charge in [0, 0.05) is 0 Å². The van der Waals surface area contributed by atoms with Gasteiger partial charge in [-0.2, -0.15) is 4.80 Å². The Balaban J connectivity index is 1.89. The van der Waals surface area contributed by atoms with E-state index in [2.05, 4.69) is 20.7 Å². The van der Waals surface area contributed by atoms with E-state index in [9.17, 15) is 4.79 Å². The van der Waals surface area contributed by atoms with E-state index in [1.54, 1.807) is 0 Å². The normalized spacial score (nSPS) is 11.5. The number of hydrogen-bond donors (Lipinski definition) is 1. The van der Waals surface area contributed by atoms with E-state index in [1.807, 2.05) is 81.4 Å². The summed E-state index contributed by atoms with van der Waals surface area (Å²) >= 11 is 0. The summed E-state index contributed by atoms with van der Waals surface area (Å²) in [6.07, 6.45) is 0. The molecular weight excluding hydrogens is 314 g/mol. The Kier molecular flexibility index (Phi) is 4.61. The highest BCUT2D eigenvalue weighted by Gasteiger charge is 2.24. The number of carbonyl (C=O) groups excluding carboxylic acids is 1. The zero-order valence-electron chi connectivity index (χ0n) is 14.5. The van der Waals surface area contributed by atoms with Crippen LogP contribution in [0.4, 0.5) is 5.95 Å². The molecule has 0 saturated heterocycles. The van der Waals surface area contributed by atoms with Gasteiger partial charge in [0.15, 0.2) is 0 Å². The summed E-state index contributed by atoms with van der Waals surface area (Å²) < 4.78 is 0. The fraction of sp³-hybridized carbons (Fsp3) is 0.263. The van der Waals surface area contributed by atoms with Crippen molar-refractivity contribution in [2.45, 2.75) is 32.2 Å². The van der Waals surface area contributed by atoms with Crippen LogP contribution in [0.1, 0.15) is 37.8 Å². The summed E-state index contributed by atoms with van der Waals surface area (Å²) in [6.45, 7) is 5.91. The summed E-state index contributed by atoms with van der Waals surface area (Å²) in [4.78, 5) is 14.4. The van der Waals surface area contributed by atoms with Gasteiger partial charge < -0.3 is 0 Å². The molecule has 1 amide bonds. The molecule has 3 rings (SSSR count). The lowest BCUT2D eigenvalue weighted by Crippen LogP contribution is -2.25. The van der Waals surface area contributed by atoms with E-state index in [0.29, 0.717) is 0 Å². The van der Waals surface area contributed by atoms with Crippen LogP contribution < -0.4 is 5.32 Å². The van der Waals surface area contributed by atoms with Crippen LogP contribution in [0.25, 0.3) is 0 Å². The molecule has 0 aliphatic heterocycles. The minimum Gasteiger partial charge on any atom is -0.291 e. The molecule has 0 aliphatic carbocycles. The van der Waals surface area contributed by atoms with Crippen LogP contribution in [0.15, 0.2) is 60.7 Å². The molecule has 1 N–H and O–H groups in total. The molecule has 0 unspecified atom stereocenters. The molecule has 0 bridgehead atoms. The van der Waals surface area contributed by atoms with Crippen molar-refractivity contribution < 1.29 is 4.79 Å². The number of benzene rings is 2. The highest BCUT2D eigenvalue weighted by atomic mass is 16.2. The maximum atomic E-state index is 12.9. The predicted molar refractivity (Wildman–Crippen MR) is 96.2 cm³/mol. The van der Waals surface area contributed by atoms with Crippen molar-refractivity contribution in [2.24, 2.45) is 0 Å². The smallest absolute Gasteiger partial charge is 0.270 e. The van der Waals surface area contributed by atoms with Gasteiger partial charge in [0.25, 0.3) is 5.95 Å². The molecule has 0 radical (unpaired) electrons. The summed E-state index contributed by atoms with van der Waals surface area (Å²) in [5, 5.41) is 15.0. The molecule has 2 aromatic carbocycles. The minimum absolute atomic E-state index is 0.189. The number of tetrazole rings is 1. The quantitative estimate of drug-likeness (QED) is 0.795. The lowest BCUT2D eigenvalue weighted by Gasteiger charge is -2.17. The number of amides is 1. The first-order valence-electron chi connectivity index (χ1n) is 8.16. The first-order chi connectivity index (χ1) is 11.9. The number of anilines is 1. The molecular formula is C19H21N5O. The van der Waals surface area contributed by atoms with Crippen molar-refractivity contribution in [1.82, 2.24) is 20.2 Å². The third-order valence-electron chi connectivity index (χ3n) is 3.78. The average molecular weight is 335 g/mol. The van der Waals surface area contributed by atoms with Gasteiger partial charge in [0.05, 0.1) is 11.5 Å². The third-order valence-corrected chi connectivity index (χ3v) is 3.78. The molecule has 0 atom stereocenters. The maximum absolute atomic E-state index is 12.9. The second-order valence-electron chi connectivity index (χ2n) is 6.82. The fourth-order valence-corrected chi connectivity index (χ4v) is 2.52. The van der Waals surface area contributed by atoms with Crippen LogP contribution in [0.3, 0.4) is 0 Å². The second-order valence-corrected chi connectivity index (χ2v) is 6.82. The van der Waals surface area contributed by atoms with Crippen molar-refractivity contribution in [2.75, 3.05) is 5.32 Å². The fourth-order valence-electron chi connectivity index (χ4n) is 2.52. The summed E-state index contributed by atoms with van der Waals surface area (Å²) in [5.74, 6) is -0.424. The molecule has 0 aliphatic rings. The largest absolute Gasteiger partial charge is 0.291 e. The lowest BCUT2D eigenvalue weighted by molar-refractivity contribution is -0.116. The van der Waals surface area contributed by atoms with Gasteiger partial charge in [-0.1, -0.05) is 65.8 Å². The molecule has 6 nitrogen and oxygen atoms in total. The van der Waals surface area contributed by atoms with Gasteiger partial charge in [-0.3, -0.25) is 10.1 Å². The van der Waals surface area contributed by atoms with Crippen molar-refractivity contribution in [1.29, 1.82) is 0 Å². The van der Waals surface area contributed by atoms with E-state index < -0.39 is 5.92 Å².